The fourth-order valence-corrected chi connectivity index (χ4v) is 5.71. The maximum atomic E-state index is 12.8. The summed E-state index contributed by atoms with van der Waals surface area (Å²) in [6, 6.07) is 8.52. The molecule has 0 N–H and O–H groups in total. The molecule has 1 saturated heterocycles. The number of benzene rings is 1. The van der Waals surface area contributed by atoms with Crippen LogP contribution in [-0.4, -0.2) is 53.2 Å². The number of sulfonamides is 1. The Labute approximate surface area is 167 Å². The molecule has 0 saturated carbocycles. The zero-order valence-corrected chi connectivity index (χ0v) is 17.5. The van der Waals surface area contributed by atoms with Crippen molar-refractivity contribution >= 4 is 26.3 Å². The Morgan fingerprint density at radius 1 is 1.07 bits per heavy atom. The molecule has 0 bridgehead atoms. The lowest BCUT2D eigenvalue weighted by atomic mass is 10.2. The number of rotatable bonds is 4. The summed E-state index contributed by atoms with van der Waals surface area (Å²) in [7, 11) is -3.47. The molecule has 7 nitrogen and oxygen atoms in total. The van der Waals surface area contributed by atoms with Gasteiger partial charge in [0.2, 0.25) is 10.0 Å². The third-order valence-electron chi connectivity index (χ3n) is 5.00. The lowest BCUT2D eigenvalue weighted by Gasteiger charge is -2.33. The predicted molar refractivity (Wildman–Crippen MR) is 109 cm³/mol. The lowest BCUT2D eigenvalue weighted by Crippen LogP contribution is -2.48. The van der Waals surface area contributed by atoms with Crippen LogP contribution in [0.5, 0.6) is 0 Å². The minimum atomic E-state index is -3.47. The molecule has 3 aromatic rings. The Balaban J connectivity index is 1.44. The van der Waals surface area contributed by atoms with E-state index in [1.54, 1.807) is 22.6 Å². The van der Waals surface area contributed by atoms with Crippen molar-refractivity contribution in [1.29, 1.82) is 0 Å². The molecular formula is C19H22N4O3S2. The van der Waals surface area contributed by atoms with E-state index in [1.807, 2.05) is 31.4 Å². The number of thiazole rings is 1. The van der Waals surface area contributed by atoms with Crippen LogP contribution in [0.1, 0.15) is 17.0 Å². The first kappa shape index (κ1) is 19.3. The molecule has 9 heteroatoms. The zero-order chi connectivity index (χ0) is 19.9. The fraction of sp³-hybridized carbons (Fsp3) is 0.368. The van der Waals surface area contributed by atoms with Crippen molar-refractivity contribution < 1.29 is 8.42 Å². The average Bonchev–Trinajstić information content (AvgIpc) is 3.04. The topological polar surface area (TPSA) is 75.0 Å². The quantitative estimate of drug-likeness (QED) is 0.647. The minimum absolute atomic E-state index is 0.0701. The van der Waals surface area contributed by atoms with Gasteiger partial charge in [-0.1, -0.05) is 17.7 Å². The van der Waals surface area contributed by atoms with Gasteiger partial charge in [-0.3, -0.25) is 14.1 Å². The maximum Gasteiger partial charge on any atom is 0.259 e. The van der Waals surface area contributed by atoms with Gasteiger partial charge in [-0.2, -0.15) is 4.31 Å². The van der Waals surface area contributed by atoms with Crippen LogP contribution in [0, 0.1) is 13.8 Å². The monoisotopic (exact) mass is 418 g/mol. The second kappa shape index (κ2) is 7.40. The van der Waals surface area contributed by atoms with Crippen molar-refractivity contribution in [2.75, 3.05) is 26.2 Å². The van der Waals surface area contributed by atoms with Crippen molar-refractivity contribution in [3.05, 3.63) is 63.0 Å². The molecule has 0 amide bonds. The molecular weight excluding hydrogens is 396 g/mol. The number of fused-ring (bicyclic) bond motifs is 1. The molecule has 148 valence electrons. The highest BCUT2D eigenvalue weighted by atomic mass is 32.2. The van der Waals surface area contributed by atoms with Gasteiger partial charge in [0.05, 0.1) is 10.6 Å². The van der Waals surface area contributed by atoms with Gasteiger partial charge in [0.15, 0.2) is 4.96 Å². The van der Waals surface area contributed by atoms with Crippen LogP contribution in [-0.2, 0) is 16.6 Å². The molecule has 0 spiro atoms. The van der Waals surface area contributed by atoms with Crippen molar-refractivity contribution in [3.63, 3.8) is 0 Å². The molecule has 3 heterocycles. The Morgan fingerprint density at radius 2 is 1.75 bits per heavy atom. The Morgan fingerprint density at radius 3 is 2.43 bits per heavy atom. The molecule has 4 rings (SSSR count). The van der Waals surface area contributed by atoms with E-state index in [0.717, 1.165) is 17.0 Å². The number of nitrogens with zero attached hydrogens (tertiary/aromatic N) is 4. The largest absolute Gasteiger partial charge is 0.295 e. The number of piperazine rings is 1. The van der Waals surface area contributed by atoms with Crippen LogP contribution < -0.4 is 5.56 Å². The number of hydrogen-bond acceptors (Lipinski definition) is 6. The second-order valence-corrected chi connectivity index (χ2v) is 9.85. The van der Waals surface area contributed by atoms with Crippen LogP contribution in [0.2, 0.25) is 0 Å². The van der Waals surface area contributed by atoms with E-state index in [-0.39, 0.29) is 5.56 Å². The summed E-state index contributed by atoms with van der Waals surface area (Å²) in [4.78, 5) is 20.1. The highest BCUT2D eigenvalue weighted by molar-refractivity contribution is 7.89. The van der Waals surface area contributed by atoms with Crippen LogP contribution in [0.15, 0.2) is 45.4 Å². The van der Waals surface area contributed by atoms with Gasteiger partial charge in [0, 0.05) is 49.9 Å². The van der Waals surface area contributed by atoms with Gasteiger partial charge in [-0.25, -0.2) is 13.4 Å². The molecule has 1 aromatic carbocycles. The summed E-state index contributed by atoms with van der Waals surface area (Å²) < 4.78 is 28.8. The highest BCUT2D eigenvalue weighted by Crippen LogP contribution is 2.19. The average molecular weight is 419 g/mol. The SMILES string of the molecule is Cc1ccc(S(=O)(=O)N2CCN(Cc3cc(=O)n4c(C)csc4n3)CC2)cc1. The predicted octanol–water partition coefficient (Wildman–Crippen LogP) is 1.88. The van der Waals surface area contributed by atoms with Crippen molar-refractivity contribution in [3.8, 4) is 0 Å². The minimum Gasteiger partial charge on any atom is -0.295 e. The van der Waals surface area contributed by atoms with Crippen molar-refractivity contribution in [1.82, 2.24) is 18.6 Å². The summed E-state index contributed by atoms with van der Waals surface area (Å²) in [5.41, 5.74) is 2.57. The molecule has 0 atom stereocenters. The van der Waals surface area contributed by atoms with E-state index < -0.39 is 10.0 Å². The molecule has 1 fully saturated rings. The fourth-order valence-electron chi connectivity index (χ4n) is 3.40. The van der Waals surface area contributed by atoms with E-state index in [1.165, 1.54) is 15.6 Å². The van der Waals surface area contributed by atoms with Crippen LogP contribution >= 0.6 is 11.3 Å². The maximum absolute atomic E-state index is 12.8. The van der Waals surface area contributed by atoms with Crippen molar-refractivity contribution in [2.45, 2.75) is 25.3 Å². The van der Waals surface area contributed by atoms with Gasteiger partial charge in [0.1, 0.15) is 0 Å². The van der Waals surface area contributed by atoms with Gasteiger partial charge in [-0.05, 0) is 26.0 Å². The molecule has 1 aliphatic rings. The highest BCUT2D eigenvalue weighted by Gasteiger charge is 2.28. The van der Waals surface area contributed by atoms with E-state index in [0.29, 0.717) is 42.6 Å². The first-order valence-corrected chi connectivity index (χ1v) is 11.4. The summed E-state index contributed by atoms with van der Waals surface area (Å²) >= 11 is 1.45. The van der Waals surface area contributed by atoms with Gasteiger partial charge in [0.25, 0.3) is 5.56 Å². The Bertz CT molecular complexity index is 1160. The third-order valence-corrected chi connectivity index (χ3v) is 7.86. The van der Waals surface area contributed by atoms with E-state index >= 15 is 0 Å². The number of hydrogen-bond donors (Lipinski definition) is 0. The summed E-state index contributed by atoms with van der Waals surface area (Å²) in [6.45, 7) is 6.43. The van der Waals surface area contributed by atoms with Crippen LogP contribution in [0.3, 0.4) is 0 Å². The van der Waals surface area contributed by atoms with Gasteiger partial charge < -0.3 is 0 Å². The van der Waals surface area contributed by atoms with Crippen molar-refractivity contribution in [2.24, 2.45) is 0 Å². The standard InChI is InChI=1S/C19H22N4O3S2/c1-14-3-5-17(6-4-14)28(25,26)22-9-7-21(8-10-22)12-16-11-18(24)23-15(2)13-27-19(23)20-16/h3-6,11,13H,7-10,12H2,1-2H3. The summed E-state index contributed by atoms with van der Waals surface area (Å²) in [5.74, 6) is 0. The first-order valence-electron chi connectivity index (χ1n) is 9.10. The van der Waals surface area contributed by atoms with Crippen LogP contribution in [0.4, 0.5) is 0 Å². The van der Waals surface area contributed by atoms with E-state index in [2.05, 4.69) is 9.88 Å². The van der Waals surface area contributed by atoms with E-state index in [9.17, 15) is 13.2 Å². The molecule has 0 radical (unpaired) electrons. The number of aromatic nitrogens is 2. The van der Waals surface area contributed by atoms with Crippen LogP contribution in [0.25, 0.3) is 4.96 Å². The Kier molecular flexibility index (Phi) is 5.09. The molecule has 0 unspecified atom stereocenters. The lowest BCUT2D eigenvalue weighted by molar-refractivity contribution is 0.180. The smallest absolute Gasteiger partial charge is 0.259 e. The summed E-state index contributed by atoms with van der Waals surface area (Å²) in [5, 5.41) is 1.92. The molecule has 28 heavy (non-hydrogen) atoms. The Hall–Kier alpha value is -2.07. The second-order valence-electron chi connectivity index (χ2n) is 7.07. The third kappa shape index (κ3) is 3.62. The number of aryl methyl sites for hydroxylation is 2. The normalized spacial score (nSPS) is 16.6. The molecule has 1 aliphatic heterocycles. The van der Waals surface area contributed by atoms with E-state index in [4.69, 9.17) is 0 Å². The summed E-state index contributed by atoms with van der Waals surface area (Å²) in [6.07, 6.45) is 0. The van der Waals surface area contributed by atoms with Gasteiger partial charge >= 0.3 is 0 Å². The zero-order valence-electron chi connectivity index (χ0n) is 15.8. The first-order chi connectivity index (χ1) is 13.3. The molecule has 0 aliphatic carbocycles. The van der Waals surface area contributed by atoms with Gasteiger partial charge in [-0.15, -0.1) is 11.3 Å². The molecule has 2 aromatic heterocycles.